The number of aromatic nitrogens is 2. The molecular weight excluding hydrogens is 252 g/mol. The summed E-state index contributed by atoms with van der Waals surface area (Å²) in [6.07, 6.45) is 2.85. The van der Waals surface area contributed by atoms with Crippen molar-refractivity contribution in [2.24, 2.45) is 0 Å². The van der Waals surface area contributed by atoms with Crippen molar-refractivity contribution in [2.45, 2.75) is 13.3 Å². The lowest BCUT2D eigenvalue weighted by Crippen LogP contribution is -2.43. The minimum Gasteiger partial charge on any atom is -0.508 e. The summed E-state index contributed by atoms with van der Waals surface area (Å²) in [6.45, 7) is 6.19. The zero-order valence-corrected chi connectivity index (χ0v) is 11.7. The van der Waals surface area contributed by atoms with E-state index in [2.05, 4.69) is 22.2 Å². The van der Waals surface area contributed by atoms with Crippen LogP contribution in [0.1, 0.15) is 12.6 Å². The van der Waals surface area contributed by atoms with Crippen LogP contribution in [0.15, 0.2) is 30.5 Å². The molecule has 5 heteroatoms. The molecule has 2 aromatic rings. The van der Waals surface area contributed by atoms with Crippen LogP contribution in [0.5, 0.6) is 5.75 Å². The Balaban J connectivity index is 1.98. The number of phenolic OH excluding ortho intramolecular Hbond substituents is 1. The molecule has 1 aromatic heterocycles. The first-order valence-corrected chi connectivity index (χ1v) is 7.11. The summed E-state index contributed by atoms with van der Waals surface area (Å²) >= 11 is 0. The van der Waals surface area contributed by atoms with Gasteiger partial charge in [0.15, 0.2) is 0 Å². The number of hydrogen-bond acceptors (Lipinski definition) is 4. The molecule has 0 bridgehead atoms. The van der Waals surface area contributed by atoms with Gasteiger partial charge in [-0.1, -0.05) is 13.0 Å². The Hall–Kier alpha value is -2.01. The molecular formula is C15H20N4O. The minimum absolute atomic E-state index is 0.267. The summed E-state index contributed by atoms with van der Waals surface area (Å²) in [5.41, 5.74) is 3.30. The smallest absolute Gasteiger partial charge is 0.117 e. The number of aromatic hydroxyl groups is 1. The molecule has 3 rings (SSSR count). The summed E-state index contributed by atoms with van der Waals surface area (Å²) in [5, 5.41) is 17.5. The van der Waals surface area contributed by atoms with Crippen LogP contribution in [-0.4, -0.2) is 41.1 Å². The van der Waals surface area contributed by atoms with E-state index in [-0.39, 0.29) is 5.75 Å². The van der Waals surface area contributed by atoms with E-state index in [1.165, 1.54) is 11.4 Å². The van der Waals surface area contributed by atoms with Gasteiger partial charge in [0.1, 0.15) is 5.75 Å². The van der Waals surface area contributed by atoms with E-state index >= 15 is 0 Å². The lowest BCUT2D eigenvalue weighted by atomic mass is 10.2. The zero-order valence-electron chi connectivity index (χ0n) is 11.7. The number of phenols is 1. The topological polar surface area (TPSA) is 53.3 Å². The number of benzene rings is 1. The SMILES string of the molecule is CCc1c(N2CCNCC2)cnn1-c1cccc(O)c1. The number of hydrogen-bond donors (Lipinski definition) is 2. The molecule has 106 valence electrons. The summed E-state index contributed by atoms with van der Waals surface area (Å²) in [5.74, 6) is 0.267. The second-order valence-corrected chi connectivity index (χ2v) is 5.00. The molecule has 0 amide bonds. The van der Waals surface area contributed by atoms with E-state index in [4.69, 9.17) is 0 Å². The second-order valence-electron chi connectivity index (χ2n) is 5.00. The van der Waals surface area contributed by atoms with Gasteiger partial charge in [0.2, 0.25) is 0 Å². The fourth-order valence-electron chi connectivity index (χ4n) is 2.71. The standard InChI is InChI=1S/C15H20N4O/c1-2-14-15(18-8-6-16-7-9-18)11-17-19(14)12-4-3-5-13(20)10-12/h3-5,10-11,16,20H,2,6-9H2,1H3. The van der Waals surface area contributed by atoms with Crippen LogP contribution in [0.2, 0.25) is 0 Å². The normalized spacial score (nSPS) is 15.6. The molecule has 1 aliphatic heterocycles. The summed E-state index contributed by atoms with van der Waals surface area (Å²) in [4.78, 5) is 2.38. The van der Waals surface area contributed by atoms with Gasteiger partial charge in [0.05, 0.1) is 23.3 Å². The van der Waals surface area contributed by atoms with Crippen molar-refractivity contribution in [3.05, 3.63) is 36.2 Å². The number of nitrogens with zero attached hydrogens (tertiary/aromatic N) is 3. The number of anilines is 1. The molecule has 1 saturated heterocycles. The van der Waals surface area contributed by atoms with Gasteiger partial charge in [-0.2, -0.15) is 5.10 Å². The summed E-state index contributed by atoms with van der Waals surface area (Å²) < 4.78 is 1.93. The van der Waals surface area contributed by atoms with Crippen molar-refractivity contribution in [2.75, 3.05) is 31.1 Å². The van der Waals surface area contributed by atoms with Crippen LogP contribution in [0.3, 0.4) is 0 Å². The van der Waals surface area contributed by atoms with E-state index < -0.39 is 0 Å². The van der Waals surface area contributed by atoms with Crippen molar-refractivity contribution in [1.82, 2.24) is 15.1 Å². The molecule has 1 aliphatic rings. The predicted molar refractivity (Wildman–Crippen MR) is 79.7 cm³/mol. The van der Waals surface area contributed by atoms with Gasteiger partial charge in [-0.3, -0.25) is 0 Å². The van der Waals surface area contributed by atoms with Gasteiger partial charge >= 0.3 is 0 Å². The van der Waals surface area contributed by atoms with Crippen molar-refractivity contribution >= 4 is 5.69 Å². The molecule has 0 radical (unpaired) electrons. The molecule has 2 N–H and O–H groups in total. The van der Waals surface area contributed by atoms with E-state index in [0.717, 1.165) is 38.3 Å². The van der Waals surface area contributed by atoms with E-state index in [0.29, 0.717) is 0 Å². The van der Waals surface area contributed by atoms with Crippen molar-refractivity contribution < 1.29 is 5.11 Å². The highest BCUT2D eigenvalue weighted by molar-refractivity contribution is 5.53. The highest BCUT2D eigenvalue weighted by Crippen LogP contribution is 2.25. The van der Waals surface area contributed by atoms with E-state index in [1.54, 1.807) is 12.1 Å². The predicted octanol–water partition coefficient (Wildman–Crippen LogP) is 1.55. The fourth-order valence-corrected chi connectivity index (χ4v) is 2.71. The molecule has 1 fully saturated rings. The number of piperazine rings is 1. The molecule has 0 unspecified atom stereocenters. The first kappa shape index (κ1) is 13.0. The van der Waals surface area contributed by atoms with Crippen molar-refractivity contribution in [3.8, 4) is 11.4 Å². The van der Waals surface area contributed by atoms with E-state index in [9.17, 15) is 5.11 Å². The van der Waals surface area contributed by atoms with Crippen LogP contribution >= 0.6 is 0 Å². The third-order valence-corrected chi connectivity index (χ3v) is 3.71. The molecule has 0 saturated carbocycles. The Morgan fingerprint density at radius 2 is 2.10 bits per heavy atom. The molecule has 20 heavy (non-hydrogen) atoms. The minimum atomic E-state index is 0.267. The maximum atomic E-state index is 9.63. The quantitative estimate of drug-likeness (QED) is 0.890. The Kier molecular flexibility index (Phi) is 3.60. The largest absolute Gasteiger partial charge is 0.508 e. The number of rotatable bonds is 3. The van der Waals surface area contributed by atoms with Crippen molar-refractivity contribution in [3.63, 3.8) is 0 Å². The van der Waals surface area contributed by atoms with Gasteiger partial charge in [-0.15, -0.1) is 0 Å². The fraction of sp³-hybridized carbons (Fsp3) is 0.400. The Morgan fingerprint density at radius 3 is 2.80 bits per heavy atom. The van der Waals surface area contributed by atoms with Crippen LogP contribution in [0, 0.1) is 0 Å². The molecule has 0 spiro atoms. The maximum Gasteiger partial charge on any atom is 0.117 e. The van der Waals surface area contributed by atoms with Gasteiger partial charge in [0, 0.05) is 32.2 Å². The molecule has 5 nitrogen and oxygen atoms in total. The average Bonchev–Trinajstić information content (AvgIpc) is 2.92. The zero-order chi connectivity index (χ0) is 13.9. The highest BCUT2D eigenvalue weighted by Gasteiger charge is 2.18. The molecule has 2 heterocycles. The van der Waals surface area contributed by atoms with Gasteiger partial charge in [-0.25, -0.2) is 4.68 Å². The first-order chi connectivity index (χ1) is 9.79. The van der Waals surface area contributed by atoms with Crippen LogP contribution in [0.25, 0.3) is 5.69 Å². The van der Waals surface area contributed by atoms with Crippen LogP contribution in [-0.2, 0) is 6.42 Å². The Bertz CT molecular complexity index is 587. The second kappa shape index (κ2) is 5.54. The third kappa shape index (κ3) is 2.36. The lowest BCUT2D eigenvalue weighted by Gasteiger charge is -2.29. The number of nitrogens with one attached hydrogen (secondary N) is 1. The molecule has 0 atom stereocenters. The third-order valence-electron chi connectivity index (χ3n) is 3.71. The van der Waals surface area contributed by atoms with Gasteiger partial charge in [0.25, 0.3) is 0 Å². The highest BCUT2D eigenvalue weighted by atomic mass is 16.3. The Labute approximate surface area is 118 Å². The first-order valence-electron chi connectivity index (χ1n) is 7.11. The lowest BCUT2D eigenvalue weighted by molar-refractivity contribution is 0.474. The van der Waals surface area contributed by atoms with Gasteiger partial charge < -0.3 is 15.3 Å². The summed E-state index contributed by atoms with van der Waals surface area (Å²) in [6, 6.07) is 7.23. The Morgan fingerprint density at radius 1 is 1.30 bits per heavy atom. The molecule has 0 aliphatic carbocycles. The molecule has 1 aromatic carbocycles. The van der Waals surface area contributed by atoms with Gasteiger partial charge in [-0.05, 0) is 18.6 Å². The van der Waals surface area contributed by atoms with Crippen LogP contribution in [0.4, 0.5) is 5.69 Å². The van der Waals surface area contributed by atoms with E-state index in [1.807, 2.05) is 23.0 Å². The summed E-state index contributed by atoms with van der Waals surface area (Å²) in [7, 11) is 0. The van der Waals surface area contributed by atoms with Crippen LogP contribution < -0.4 is 10.2 Å². The monoisotopic (exact) mass is 272 g/mol. The maximum absolute atomic E-state index is 9.63. The average molecular weight is 272 g/mol. The van der Waals surface area contributed by atoms with Crippen molar-refractivity contribution in [1.29, 1.82) is 0 Å².